The lowest BCUT2D eigenvalue weighted by atomic mass is 10.0. The zero-order valence-electron chi connectivity index (χ0n) is 12.5. The van der Waals surface area contributed by atoms with Gasteiger partial charge < -0.3 is 10.1 Å². The number of ether oxygens (including phenoxy) is 1. The third-order valence-corrected chi connectivity index (χ3v) is 4.20. The summed E-state index contributed by atoms with van der Waals surface area (Å²) in [7, 11) is 0. The van der Waals surface area contributed by atoms with E-state index in [1.807, 2.05) is 13.0 Å². The van der Waals surface area contributed by atoms with Crippen molar-refractivity contribution in [3.8, 4) is 5.75 Å². The maximum absolute atomic E-state index is 5.71. The molecule has 2 rings (SSSR count). The van der Waals surface area contributed by atoms with Crippen LogP contribution in [-0.2, 0) is 0 Å². The molecule has 19 heavy (non-hydrogen) atoms. The molecule has 1 aromatic rings. The van der Waals surface area contributed by atoms with Crippen LogP contribution in [0.2, 0.25) is 0 Å². The average Bonchev–Trinajstić information content (AvgIpc) is 2.83. The molecular formula is C17H27NO. The summed E-state index contributed by atoms with van der Waals surface area (Å²) in [6, 6.07) is 8.72. The molecule has 1 N–H and O–H groups in total. The zero-order valence-corrected chi connectivity index (χ0v) is 12.5. The van der Waals surface area contributed by atoms with Gasteiger partial charge in [-0.2, -0.15) is 0 Å². The lowest BCUT2D eigenvalue weighted by Gasteiger charge is -2.20. The molecular weight excluding hydrogens is 234 g/mol. The van der Waals surface area contributed by atoms with Gasteiger partial charge in [-0.25, -0.2) is 0 Å². The Labute approximate surface area is 117 Å². The Hall–Kier alpha value is -1.02. The van der Waals surface area contributed by atoms with Crippen LogP contribution in [0.4, 0.5) is 0 Å². The van der Waals surface area contributed by atoms with E-state index in [2.05, 4.69) is 37.4 Å². The minimum absolute atomic E-state index is 0.360. The molecule has 2 heteroatoms. The number of rotatable bonds is 6. The molecule has 0 heterocycles. The van der Waals surface area contributed by atoms with Crippen LogP contribution in [0.25, 0.3) is 0 Å². The fourth-order valence-electron chi connectivity index (χ4n) is 3.09. The highest BCUT2D eigenvalue weighted by atomic mass is 16.5. The van der Waals surface area contributed by atoms with Gasteiger partial charge in [0.15, 0.2) is 0 Å². The topological polar surface area (TPSA) is 21.3 Å². The Balaban J connectivity index is 1.90. The molecule has 1 aliphatic carbocycles. The first kappa shape index (κ1) is 14.4. The standard InChI is InChI=1S/C17H27NO/c1-4-19-17-8-6-5-7-16(17)14(3)18-12-15-10-9-13(2)11-15/h5-8,13-15,18H,4,9-12H2,1-3H3. The summed E-state index contributed by atoms with van der Waals surface area (Å²) in [5.74, 6) is 2.79. The summed E-state index contributed by atoms with van der Waals surface area (Å²) in [4.78, 5) is 0. The molecule has 0 aromatic heterocycles. The van der Waals surface area contributed by atoms with Gasteiger partial charge in [-0.05, 0) is 51.1 Å². The van der Waals surface area contributed by atoms with Crippen LogP contribution in [0.5, 0.6) is 5.75 Å². The summed E-state index contributed by atoms with van der Waals surface area (Å²) in [6.07, 6.45) is 4.16. The van der Waals surface area contributed by atoms with Crippen molar-refractivity contribution in [2.75, 3.05) is 13.2 Å². The largest absolute Gasteiger partial charge is 0.494 e. The van der Waals surface area contributed by atoms with Gasteiger partial charge in [-0.15, -0.1) is 0 Å². The van der Waals surface area contributed by atoms with E-state index in [9.17, 15) is 0 Å². The zero-order chi connectivity index (χ0) is 13.7. The monoisotopic (exact) mass is 261 g/mol. The van der Waals surface area contributed by atoms with Crippen molar-refractivity contribution in [3.63, 3.8) is 0 Å². The molecule has 0 radical (unpaired) electrons. The summed E-state index contributed by atoms with van der Waals surface area (Å²) >= 11 is 0. The molecule has 0 saturated heterocycles. The van der Waals surface area contributed by atoms with Crippen molar-refractivity contribution in [2.45, 2.75) is 46.1 Å². The fourth-order valence-corrected chi connectivity index (χ4v) is 3.09. The highest BCUT2D eigenvalue weighted by Gasteiger charge is 2.22. The van der Waals surface area contributed by atoms with Crippen molar-refractivity contribution in [1.29, 1.82) is 0 Å². The van der Waals surface area contributed by atoms with Crippen molar-refractivity contribution >= 4 is 0 Å². The predicted octanol–water partition coefficient (Wildman–Crippen LogP) is 4.17. The number of benzene rings is 1. The minimum Gasteiger partial charge on any atom is -0.494 e. The van der Waals surface area contributed by atoms with Gasteiger partial charge in [0.25, 0.3) is 0 Å². The summed E-state index contributed by atoms with van der Waals surface area (Å²) < 4.78 is 5.71. The molecule has 2 nitrogen and oxygen atoms in total. The van der Waals surface area contributed by atoms with Gasteiger partial charge in [0.05, 0.1) is 6.61 Å². The molecule has 0 amide bonds. The number of para-hydroxylation sites is 1. The van der Waals surface area contributed by atoms with Gasteiger partial charge in [-0.1, -0.05) is 31.5 Å². The van der Waals surface area contributed by atoms with Gasteiger partial charge >= 0.3 is 0 Å². The Morgan fingerprint density at radius 3 is 2.79 bits per heavy atom. The Bertz CT molecular complexity index is 391. The number of hydrogen-bond acceptors (Lipinski definition) is 2. The predicted molar refractivity (Wildman–Crippen MR) is 80.5 cm³/mol. The van der Waals surface area contributed by atoms with E-state index >= 15 is 0 Å². The Morgan fingerprint density at radius 1 is 1.32 bits per heavy atom. The lowest BCUT2D eigenvalue weighted by molar-refractivity contribution is 0.331. The third kappa shape index (κ3) is 3.97. The highest BCUT2D eigenvalue weighted by molar-refractivity contribution is 5.35. The van der Waals surface area contributed by atoms with Crippen LogP contribution < -0.4 is 10.1 Å². The SMILES string of the molecule is CCOc1ccccc1C(C)NCC1CCC(C)C1. The van der Waals surface area contributed by atoms with E-state index in [1.165, 1.54) is 24.8 Å². The molecule has 1 aromatic carbocycles. The molecule has 1 fully saturated rings. The molecule has 0 aliphatic heterocycles. The normalized spacial score (nSPS) is 24.4. The maximum atomic E-state index is 5.71. The van der Waals surface area contributed by atoms with E-state index in [-0.39, 0.29) is 0 Å². The van der Waals surface area contributed by atoms with Crippen LogP contribution in [0.15, 0.2) is 24.3 Å². The first-order chi connectivity index (χ1) is 9.20. The van der Waals surface area contributed by atoms with Gasteiger partial charge in [-0.3, -0.25) is 0 Å². The number of hydrogen-bond donors (Lipinski definition) is 1. The van der Waals surface area contributed by atoms with Gasteiger partial charge in [0.2, 0.25) is 0 Å². The molecule has 0 spiro atoms. The Morgan fingerprint density at radius 2 is 2.11 bits per heavy atom. The van der Waals surface area contributed by atoms with E-state index in [4.69, 9.17) is 4.74 Å². The van der Waals surface area contributed by atoms with E-state index in [0.29, 0.717) is 6.04 Å². The molecule has 1 aliphatic rings. The van der Waals surface area contributed by atoms with Crippen molar-refractivity contribution in [1.82, 2.24) is 5.32 Å². The fraction of sp³-hybridized carbons (Fsp3) is 0.647. The molecule has 106 valence electrons. The van der Waals surface area contributed by atoms with Crippen LogP contribution in [0, 0.1) is 11.8 Å². The number of nitrogens with one attached hydrogen (secondary N) is 1. The summed E-state index contributed by atoms with van der Waals surface area (Å²) in [5, 5.41) is 3.68. The molecule has 3 atom stereocenters. The highest BCUT2D eigenvalue weighted by Crippen LogP contribution is 2.31. The van der Waals surface area contributed by atoms with Crippen molar-refractivity contribution < 1.29 is 4.74 Å². The first-order valence-corrected chi connectivity index (χ1v) is 7.65. The lowest BCUT2D eigenvalue weighted by Crippen LogP contribution is -2.25. The quantitative estimate of drug-likeness (QED) is 0.829. The maximum Gasteiger partial charge on any atom is 0.124 e. The van der Waals surface area contributed by atoms with Gasteiger partial charge in [0.1, 0.15) is 5.75 Å². The third-order valence-electron chi connectivity index (χ3n) is 4.20. The van der Waals surface area contributed by atoms with Crippen LogP contribution in [0.3, 0.4) is 0 Å². The first-order valence-electron chi connectivity index (χ1n) is 7.65. The summed E-state index contributed by atoms with van der Waals surface area (Å²) in [5.41, 5.74) is 1.27. The summed E-state index contributed by atoms with van der Waals surface area (Å²) in [6.45, 7) is 8.49. The van der Waals surface area contributed by atoms with Crippen LogP contribution in [0.1, 0.15) is 51.6 Å². The van der Waals surface area contributed by atoms with Crippen molar-refractivity contribution in [2.24, 2.45) is 11.8 Å². The second-order valence-electron chi connectivity index (χ2n) is 5.89. The Kier molecular flexibility index (Phi) is 5.26. The smallest absolute Gasteiger partial charge is 0.124 e. The molecule has 0 bridgehead atoms. The average molecular weight is 261 g/mol. The van der Waals surface area contributed by atoms with Gasteiger partial charge in [0, 0.05) is 11.6 Å². The minimum atomic E-state index is 0.360. The molecule has 1 saturated carbocycles. The van der Waals surface area contributed by atoms with Crippen LogP contribution >= 0.6 is 0 Å². The van der Waals surface area contributed by atoms with E-state index in [1.54, 1.807) is 0 Å². The second-order valence-corrected chi connectivity index (χ2v) is 5.89. The van der Waals surface area contributed by atoms with Crippen molar-refractivity contribution in [3.05, 3.63) is 29.8 Å². The second kappa shape index (κ2) is 6.95. The molecule has 3 unspecified atom stereocenters. The van der Waals surface area contributed by atoms with E-state index in [0.717, 1.165) is 30.7 Å². The van der Waals surface area contributed by atoms with Crippen LogP contribution in [-0.4, -0.2) is 13.2 Å². The van der Waals surface area contributed by atoms with E-state index < -0.39 is 0 Å².